The van der Waals surface area contributed by atoms with E-state index in [1.165, 1.54) is 167 Å². The molecule has 0 aliphatic carbocycles. The maximum Gasteiger partial charge on any atom is 2.00 e. The van der Waals surface area contributed by atoms with E-state index in [1.807, 2.05) is 0 Å². The predicted octanol–water partition coefficient (Wildman–Crippen LogP) is 8.70. The first-order valence-electron chi connectivity index (χ1n) is 17.9. The van der Waals surface area contributed by atoms with Gasteiger partial charge in [0.15, 0.2) is 0 Å². The quantitative estimate of drug-likeness (QED) is 0.0549. The third-order valence-electron chi connectivity index (χ3n) is 7.97. The number of hydrogen-bond acceptors (Lipinski definition) is 4. The molecule has 0 aliphatic heterocycles. The van der Waals surface area contributed by atoms with Gasteiger partial charge < -0.3 is 19.8 Å². The van der Waals surface area contributed by atoms with Gasteiger partial charge in [-0.25, -0.2) is 0 Å². The largest absolute Gasteiger partial charge is 2.00 e. The van der Waals surface area contributed by atoms with Crippen LogP contribution in [0.4, 0.5) is 0 Å². The van der Waals surface area contributed by atoms with E-state index in [2.05, 4.69) is 13.8 Å². The average Bonchev–Trinajstić information content (AvgIpc) is 2.93. The maximum absolute atomic E-state index is 10.2. The summed E-state index contributed by atoms with van der Waals surface area (Å²) >= 11 is 0. The van der Waals surface area contributed by atoms with Crippen molar-refractivity contribution in [2.24, 2.45) is 0 Å². The van der Waals surface area contributed by atoms with Crippen LogP contribution in [0.15, 0.2) is 0 Å². The van der Waals surface area contributed by atoms with Crippen LogP contribution in [0, 0.1) is 0 Å². The minimum absolute atomic E-state index is 0. The van der Waals surface area contributed by atoms with Crippen LogP contribution in [-0.4, -0.2) is 72.7 Å². The van der Waals surface area contributed by atoms with Crippen molar-refractivity contribution >= 4 is 72.7 Å². The second kappa shape index (κ2) is 46.4. The summed E-state index contributed by atoms with van der Waals surface area (Å²) in [5.41, 5.74) is 0. The molecule has 4 nitrogen and oxygen atoms in total. The fourth-order valence-corrected chi connectivity index (χ4v) is 5.28. The monoisotopic (exact) mass is 632 g/mol. The fraction of sp³-hybridized carbons (Fsp3) is 0.944. The first-order chi connectivity index (χ1) is 19.5. The average molecular weight is 633 g/mol. The molecule has 0 saturated carbocycles. The standard InChI is InChI=1S/2C18H36O2.Ca.Mg.2H/c2*1-2-3-4-5-6-7-8-9-10-11-12-13-14-15-16-17-18(19)20;;;;/h2*2-17H2,1H3,(H,19,20);;;;/q;;+2;;;/p-2. The number of hydrogen-bond donors (Lipinski definition) is 0. The Morgan fingerprint density at radius 3 is 0.619 bits per heavy atom. The number of carboxylic acid groups (broad SMARTS) is 2. The van der Waals surface area contributed by atoms with Crippen molar-refractivity contribution in [3.8, 4) is 0 Å². The molecule has 0 heterocycles. The molecule has 0 unspecified atom stereocenters. The maximum atomic E-state index is 10.2. The van der Waals surface area contributed by atoms with Gasteiger partial charge in [0.1, 0.15) is 0 Å². The smallest absolute Gasteiger partial charge is 0.550 e. The Morgan fingerprint density at radius 2 is 0.476 bits per heavy atom. The van der Waals surface area contributed by atoms with Crippen LogP contribution in [0.1, 0.15) is 219 Å². The number of carbonyl (C=O) groups excluding carboxylic acids is 2. The van der Waals surface area contributed by atoms with E-state index >= 15 is 0 Å². The third kappa shape index (κ3) is 53.5. The fourth-order valence-electron chi connectivity index (χ4n) is 5.28. The van der Waals surface area contributed by atoms with Crippen LogP contribution in [0.2, 0.25) is 0 Å². The molecule has 0 rings (SSSR count). The van der Waals surface area contributed by atoms with Crippen molar-refractivity contribution in [2.45, 2.75) is 219 Å². The summed E-state index contributed by atoms with van der Waals surface area (Å²) in [6, 6.07) is 0. The van der Waals surface area contributed by atoms with E-state index in [9.17, 15) is 19.8 Å². The Morgan fingerprint density at radius 1 is 0.333 bits per heavy atom. The molecule has 6 heteroatoms. The molecule has 0 spiro atoms. The first kappa shape index (κ1) is 49.8. The van der Waals surface area contributed by atoms with E-state index in [-0.39, 0.29) is 73.6 Å². The van der Waals surface area contributed by atoms with Crippen LogP contribution >= 0.6 is 0 Å². The second-order valence-electron chi connectivity index (χ2n) is 12.1. The van der Waals surface area contributed by atoms with E-state index in [0.29, 0.717) is 0 Å². The zero-order valence-corrected chi connectivity index (χ0v) is 30.2. The van der Waals surface area contributed by atoms with Gasteiger partial charge in [-0.15, -0.1) is 0 Å². The van der Waals surface area contributed by atoms with Crippen LogP contribution in [0.3, 0.4) is 0 Å². The molecule has 0 radical (unpaired) electrons. The molecular weight excluding hydrogens is 561 g/mol. The molecule has 0 atom stereocenters. The minimum atomic E-state index is -0.903. The van der Waals surface area contributed by atoms with Crippen molar-refractivity contribution in [3.05, 3.63) is 0 Å². The van der Waals surface area contributed by atoms with Crippen molar-refractivity contribution in [1.82, 2.24) is 0 Å². The van der Waals surface area contributed by atoms with Crippen molar-refractivity contribution in [3.63, 3.8) is 0 Å². The Labute approximate surface area is 309 Å². The molecule has 0 aromatic heterocycles. The number of carbonyl (C=O) groups is 2. The molecule has 244 valence electrons. The van der Waals surface area contributed by atoms with Gasteiger partial charge >= 0.3 is 60.8 Å². The molecule has 0 saturated heterocycles. The van der Waals surface area contributed by atoms with Crippen LogP contribution in [0.5, 0.6) is 0 Å². The predicted molar refractivity (Wildman–Crippen MR) is 183 cm³/mol. The van der Waals surface area contributed by atoms with E-state index in [1.54, 1.807) is 0 Å². The summed E-state index contributed by atoms with van der Waals surface area (Å²) in [4.78, 5) is 20.4. The van der Waals surface area contributed by atoms with E-state index in [4.69, 9.17) is 0 Å². The molecule has 0 aliphatic rings. The molecule has 0 N–H and O–H groups in total. The Bertz CT molecular complexity index is 461. The zero-order valence-electron chi connectivity index (χ0n) is 28.0. The van der Waals surface area contributed by atoms with Crippen molar-refractivity contribution in [2.75, 3.05) is 0 Å². The molecule has 42 heavy (non-hydrogen) atoms. The topological polar surface area (TPSA) is 80.3 Å². The molecule has 0 amide bonds. The van der Waals surface area contributed by atoms with Gasteiger partial charge in [0.25, 0.3) is 0 Å². The molecular formula is C36H72CaMgO4. The second-order valence-corrected chi connectivity index (χ2v) is 12.1. The number of rotatable bonds is 32. The van der Waals surface area contributed by atoms with Gasteiger partial charge in [-0.1, -0.05) is 194 Å². The Balaban J connectivity index is -0.000000328. The molecule has 0 aromatic rings. The van der Waals surface area contributed by atoms with Gasteiger partial charge in [0.2, 0.25) is 0 Å². The molecule has 0 fully saturated rings. The molecule has 0 aromatic carbocycles. The van der Waals surface area contributed by atoms with Gasteiger partial charge in [0.05, 0.1) is 0 Å². The summed E-state index contributed by atoms with van der Waals surface area (Å²) in [5.74, 6) is -1.81. The Hall–Kier alpha value is 0.966. The van der Waals surface area contributed by atoms with Crippen LogP contribution in [0.25, 0.3) is 0 Å². The van der Waals surface area contributed by atoms with Gasteiger partial charge in [-0.2, -0.15) is 0 Å². The van der Waals surface area contributed by atoms with E-state index < -0.39 is 11.9 Å². The summed E-state index contributed by atoms with van der Waals surface area (Å²) in [6.07, 6.45) is 39.7. The number of aliphatic carboxylic acids is 2. The van der Waals surface area contributed by atoms with Crippen molar-refractivity contribution in [1.29, 1.82) is 0 Å². The van der Waals surface area contributed by atoms with E-state index in [0.717, 1.165) is 25.7 Å². The first-order valence-corrected chi connectivity index (χ1v) is 17.9. The van der Waals surface area contributed by atoms with Crippen LogP contribution < -0.4 is 10.2 Å². The minimum Gasteiger partial charge on any atom is -0.550 e. The summed E-state index contributed by atoms with van der Waals surface area (Å²) < 4.78 is 0. The number of carboxylic acids is 2. The summed E-state index contributed by atoms with van der Waals surface area (Å²) in [7, 11) is 0. The summed E-state index contributed by atoms with van der Waals surface area (Å²) in [5, 5.41) is 20.4. The van der Waals surface area contributed by atoms with Gasteiger partial charge in [0, 0.05) is 11.9 Å². The third-order valence-corrected chi connectivity index (χ3v) is 7.97. The summed E-state index contributed by atoms with van der Waals surface area (Å²) in [6.45, 7) is 4.53. The molecule has 0 bridgehead atoms. The van der Waals surface area contributed by atoms with Crippen molar-refractivity contribution < 1.29 is 19.8 Å². The normalized spacial score (nSPS) is 10.3. The zero-order chi connectivity index (χ0) is 29.8. The van der Waals surface area contributed by atoms with Gasteiger partial charge in [-0.05, 0) is 25.7 Å². The Kier molecular flexibility index (Phi) is 55.0. The SMILES string of the molecule is CCCCCCCCCCCCCCCCCC(=O)[O-].CCCCCCCCCCCCCCCCCC(=O)[O-].[Ca+2].[MgH2]. The van der Waals surface area contributed by atoms with Crippen LogP contribution in [-0.2, 0) is 9.59 Å². The van der Waals surface area contributed by atoms with Gasteiger partial charge in [-0.3, -0.25) is 0 Å². The number of unbranched alkanes of at least 4 members (excludes halogenated alkanes) is 28.